The van der Waals surface area contributed by atoms with Crippen LogP contribution in [0.25, 0.3) is 0 Å². The number of anilines is 1. The van der Waals surface area contributed by atoms with Gasteiger partial charge in [0, 0.05) is 5.02 Å². The van der Waals surface area contributed by atoms with Gasteiger partial charge in [-0.1, -0.05) is 24.4 Å². The third-order valence-corrected chi connectivity index (χ3v) is 4.18. The van der Waals surface area contributed by atoms with Crippen molar-refractivity contribution in [3.8, 4) is 0 Å². The molecule has 0 radical (unpaired) electrons. The van der Waals surface area contributed by atoms with E-state index in [9.17, 15) is 9.59 Å². The average molecular weight is 264 g/mol. The molecule has 3 nitrogen and oxygen atoms in total. The van der Waals surface area contributed by atoms with Crippen LogP contribution in [0.2, 0.25) is 5.02 Å². The number of fused-ring (bicyclic) bond motifs is 1. The van der Waals surface area contributed by atoms with E-state index in [0.29, 0.717) is 10.7 Å². The molecule has 2 fully saturated rings. The van der Waals surface area contributed by atoms with E-state index >= 15 is 0 Å². The molecule has 0 bridgehead atoms. The molecule has 94 valence electrons. The van der Waals surface area contributed by atoms with Crippen molar-refractivity contribution in [1.82, 2.24) is 0 Å². The van der Waals surface area contributed by atoms with Crippen molar-refractivity contribution >= 4 is 29.1 Å². The molecule has 3 rings (SSSR count). The highest BCUT2D eigenvalue weighted by atomic mass is 35.5. The zero-order valence-electron chi connectivity index (χ0n) is 9.93. The Balaban J connectivity index is 1.95. The average Bonchev–Trinajstić information content (AvgIpc) is 2.64. The highest BCUT2D eigenvalue weighted by Crippen LogP contribution is 2.40. The zero-order chi connectivity index (χ0) is 12.7. The van der Waals surface area contributed by atoms with Crippen molar-refractivity contribution in [3.63, 3.8) is 0 Å². The van der Waals surface area contributed by atoms with E-state index in [1.54, 1.807) is 24.3 Å². The number of halogens is 1. The molecular formula is C14H14ClNO2. The Labute approximate surface area is 111 Å². The van der Waals surface area contributed by atoms with E-state index in [0.717, 1.165) is 25.7 Å². The van der Waals surface area contributed by atoms with E-state index in [1.165, 1.54) is 4.90 Å². The van der Waals surface area contributed by atoms with Crippen molar-refractivity contribution in [2.75, 3.05) is 4.90 Å². The number of carbonyl (C=O) groups excluding carboxylic acids is 2. The van der Waals surface area contributed by atoms with Crippen LogP contribution in [0, 0.1) is 11.8 Å². The van der Waals surface area contributed by atoms with E-state index < -0.39 is 0 Å². The minimum atomic E-state index is -0.0954. The number of rotatable bonds is 1. The van der Waals surface area contributed by atoms with Gasteiger partial charge in [-0.05, 0) is 37.1 Å². The number of carbonyl (C=O) groups is 2. The quantitative estimate of drug-likeness (QED) is 0.731. The number of hydrogen-bond donors (Lipinski definition) is 0. The van der Waals surface area contributed by atoms with Gasteiger partial charge in [-0.3, -0.25) is 14.5 Å². The molecule has 2 aliphatic rings. The highest BCUT2D eigenvalue weighted by molar-refractivity contribution is 6.30. The summed E-state index contributed by atoms with van der Waals surface area (Å²) in [5.74, 6) is -0.261. The molecule has 1 aromatic rings. The molecule has 2 atom stereocenters. The largest absolute Gasteiger partial charge is 0.274 e. The maximum atomic E-state index is 12.3. The molecule has 0 N–H and O–H groups in total. The number of nitrogens with zero attached hydrogens (tertiary/aromatic N) is 1. The smallest absolute Gasteiger partial charge is 0.237 e. The Kier molecular flexibility index (Phi) is 2.86. The summed E-state index contributed by atoms with van der Waals surface area (Å²) in [5.41, 5.74) is 0.642. The molecule has 18 heavy (non-hydrogen) atoms. The summed E-state index contributed by atoms with van der Waals surface area (Å²) in [5, 5.41) is 0.607. The first-order valence-electron chi connectivity index (χ1n) is 6.32. The van der Waals surface area contributed by atoms with Crippen molar-refractivity contribution < 1.29 is 9.59 Å². The van der Waals surface area contributed by atoms with Gasteiger partial charge in [-0.2, -0.15) is 0 Å². The number of hydrogen-bond acceptors (Lipinski definition) is 2. The SMILES string of the molecule is O=C1[C@H]2CCCC[C@@H]2C(=O)N1c1ccc(Cl)cc1. The molecule has 1 heterocycles. The molecule has 1 saturated carbocycles. The first kappa shape index (κ1) is 11.7. The van der Waals surface area contributed by atoms with Crippen LogP contribution in [0.4, 0.5) is 5.69 Å². The third-order valence-electron chi connectivity index (χ3n) is 3.93. The highest BCUT2D eigenvalue weighted by Gasteiger charge is 2.48. The minimum absolute atomic E-state index is 0.0352. The number of imide groups is 1. The molecule has 0 aromatic heterocycles. The van der Waals surface area contributed by atoms with Gasteiger partial charge in [0.15, 0.2) is 0 Å². The summed E-state index contributed by atoms with van der Waals surface area (Å²) in [6.07, 6.45) is 3.79. The van der Waals surface area contributed by atoms with Crippen LogP contribution >= 0.6 is 11.6 Å². The van der Waals surface area contributed by atoms with E-state index in [-0.39, 0.29) is 23.7 Å². The molecule has 1 aliphatic carbocycles. The molecule has 1 aromatic carbocycles. The first-order chi connectivity index (χ1) is 8.68. The summed E-state index contributed by atoms with van der Waals surface area (Å²) >= 11 is 5.82. The summed E-state index contributed by atoms with van der Waals surface area (Å²) in [7, 11) is 0. The first-order valence-corrected chi connectivity index (χ1v) is 6.69. The van der Waals surface area contributed by atoms with Crippen LogP contribution in [-0.2, 0) is 9.59 Å². The summed E-state index contributed by atoms with van der Waals surface area (Å²) in [6.45, 7) is 0. The van der Waals surface area contributed by atoms with Gasteiger partial charge in [-0.15, -0.1) is 0 Å². The fourth-order valence-electron chi connectivity index (χ4n) is 3.01. The van der Waals surface area contributed by atoms with E-state index in [4.69, 9.17) is 11.6 Å². The molecule has 4 heteroatoms. The monoisotopic (exact) mass is 263 g/mol. The summed E-state index contributed by atoms with van der Waals surface area (Å²) in [4.78, 5) is 26.0. The molecule has 0 unspecified atom stereocenters. The fraction of sp³-hybridized carbons (Fsp3) is 0.429. The number of benzene rings is 1. The fourth-order valence-corrected chi connectivity index (χ4v) is 3.13. The molecular weight excluding hydrogens is 250 g/mol. The predicted molar refractivity (Wildman–Crippen MR) is 69.4 cm³/mol. The van der Waals surface area contributed by atoms with Crippen molar-refractivity contribution in [3.05, 3.63) is 29.3 Å². The Morgan fingerprint density at radius 2 is 1.44 bits per heavy atom. The lowest BCUT2D eigenvalue weighted by Gasteiger charge is -2.19. The van der Waals surface area contributed by atoms with Gasteiger partial charge in [-0.25, -0.2) is 0 Å². The lowest BCUT2D eigenvalue weighted by atomic mass is 9.81. The Morgan fingerprint density at radius 3 is 1.94 bits per heavy atom. The standard InChI is InChI=1S/C14H14ClNO2/c15-9-5-7-10(8-6-9)16-13(17)11-3-1-2-4-12(11)14(16)18/h5-8,11-12H,1-4H2/t11-,12-/m0/s1. The Morgan fingerprint density at radius 1 is 0.944 bits per heavy atom. The normalized spacial score (nSPS) is 27.5. The second-order valence-corrected chi connectivity index (χ2v) is 5.42. The van der Waals surface area contributed by atoms with Crippen molar-refractivity contribution in [2.45, 2.75) is 25.7 Å². The lowest BCUT2D eigenvalue weighted by molar-refractivity contribution is -0.122. The van der Waals surface area contributed by atoms with Crippen LogP contribution in [0.5, 0.6) is 0 Å². The lowest BCUT2D eigenvalue weighted by Crippen LogP contribution is -2.30. The van der Waals surface area contributed by atoms with Gasteiger partial charge < -0.3 is 0 Å². The van der Waals surface area contributed by atoms with Gasteiger partial charge in [0.2, 0.25) is 11.8 Å². The molecule has 0 spiro atoms. The minimum Gasteiger partial charge on any atom is -0.274 e. The van der Waals surface area contributed by atoms with Crippen molar-refractivity contribution in [2.24, 2.45) is 11.8 Å². The Hall–Kier alpha value is -1.35. The molecule has 2 amide bonds. The van der Waals surface area contributed by atoms with Crippen LogP contribution in [0.15, 0.2) is 24.3 Å². The second kappa shape index (κ2) is 4.39. The molecule has 1 aliphatic heterocycles. The van der Waals surface area contributed by atoms with Crippen LogP contribution in [0.3, 0.4) is 0 Å². The van der Waals surface area contributed by atoms with Gasteiger partial charge >= 0.3 is 0 Å². The molecule has 1 saturated heterocycles. The van der Waals surface area contributed by atoms with Gasteiger partial charge in [0.25, 0.3) is 0 Å². The topological polar surface area (TPSA) is 37.4 Å². The van der Waals surface area contributed by atoms with Crippen LogP contribution < -0.4 is 4.90 Å². The second-order valence-electron chi connectivity index (χ2n) is 4.99. The number of amides is 2. The van der Waals surface area contributed by atoms with Gasteiger partial charge in [0.1, 0.15) is 0 Å². The van der Waals surface area contributed by atoms with Gasteiger partial charge in [0.05, 0.1) is 17.5 Å². The van der Waals surface area contributed by atoms with E-state index in [2.05, 4.69) is 0 Å². The maximum absolute atomic E-state index is 12.3. The summed E-state index contributed by atoms with van der Waals surface area (Å²) < 4.78 is 0. The predicted octanol–water partition coefficient (Wildman–Crippen LogP) is 3.02. The Bertz CT molecular complexity index is 473. The zero-order valence-corrected chi connectivity index (χ0v) is 10.7. The maximum Gasteiger partial charge on any atom is 0.237 e. The van der Waals surface area contributed by atoms with Crippen molar-refractivity contribution in [1.29, 1.82) is 0 Å². The van der Waals surface area contributed by atoms with Crippen LogP contribution in [0.1, 0.15) is 25.7 Å². The van der Waals surface area contributed by atoms with Crippen LogP contribution in [-0.4, -0.2) is 11.8 Å². The van der Waals surface area contributed by atoms with E-state index in [1.807, 2.05) is 0 Å². The third kappa shape index (κ3) is 1.74. The summed E-state index contributed by atoms with van der Waals surface area (Å²) in [6, 6.07) is 6.88.